The summed E-state index contributed by atoms with van der Waals surface area (Å²) in [6.45, 7) is 4.30. The summed E-state index contributed by atoms with van der Waals surface area (Å²) in [4.78, 5) is 14.7. The first-order valence-electron chi connectivity index (χ1n) is 11.2. The summed E-state index contributed by atoms with van der Waals surface area (Å²) in [6.07, 6.45) is 2.24. The first kappa shape index (κ1) is 22.9. The summed E-state index contributed by atoms with van der Waals surface area (Å²) < 4.78 is 24.7. The van der Waals surface area contributed by atoms with Gasteiger partial charge in [-0.2, -0.15) is 0 Å². The molecule has 0 bridgehead atoms. The van der Waals surface area contributed by atoms with Crippen LogP contribution in [0.15, 0.2) is 71.6 Å². The molecule has 0 radical (unpaired) electrons. The molecular weight excluding hydrogens is 436 g/mol. The molecule has 0 spiro atoms. The van der Waals surface area contributed by atoms with Gasteiger partial charge in [-0.05, 0) is 55.2 Å². The molecule has 0 aliphatic carbocycles. The highest BCUT2D eigenvalue weighted by Gasteiger charge is 2.18. The first-order chi connectivity index (χ1) is 15.9. The van der Waals surface area contributed by atoms with Gasteiger partial charge in [-0.1, -0.05) is 37.3 Å². The van der Waals surface area contributed by atoms with E-state index < -0.39 is 9.84 Å². The van der Waals surface area contributed by atoms with Crippen molar-refractivity contribution >= 4 is 27.2 Å². The summed E-state index contributed by atoms with van der Waals surface area (Å²) in [6, 6.07) is 19.4. The van der Waals surface area contributed by atoms with E-state index in [1.165, 1.54) is 25.0 Å². The number of nitrogens with one attached hydrogen (secondary N) is 1. The predicted octanol–water partition coefficient (Wildman–Crippen LogP) is 4.18. The maximum Gasteiger partial charge on any atom is 0.225 e. The normalized spacial score (nSPS) is 14.8. The Morgan fingerprint density at radius 2 is 1.67 bits per heavy atom. The quantitative estimate of drug-likeness (QED) is 0.564. The Morgan fingerprint density at radius 3 is 2.30 bits per heavy atom. The van der Waals surface area contributed by atoms with Gasteiger partial charge in [0.25, 0.3) is 0 Å². The highest BCUT2D eigenvalue weighted by atomic mass is 32.2. The summed E-state index contributed by atoms with van der Waals surface area (Å²) in [7, 11) is -3.48. The minimum absolute atomic E-state index is 0.110. The first-order valence-corrected chi connectivity index (χ1v) is 12.8. The Balaban J connectivity index is 1.32. The van der Waals surface area contributed by atoms with E-state index in [2.05, 4.69) is 27.3 Å². The van der Waals surface area contributed by atoms with Crippen molar-refractivity contribution in [1.82, 2.24) is 10.2 Å². The fourth-order valence-corrected chi connectivity index (χ4v) is 5.07. The lowest BCUT2D eigenvalue weighted by atomic mass is 9.99. The van der Waals surface area contributed by atoms with Crippen LogP contribution in [0.3, 0.4) is 0 Å². The van der Waals surface area contributed by atoms with E-state index in [9.17, 15) is 13.2 Å². The van der Waals surface area contributed by atoms with Crippen LogP contribution in [-0.2, 0) is 14.6 Å². The van der Waals surface area contributed by atoms with E-state index in [1.54, 1.807) is 30.3 Å². The number of benzene rings is 2. The lowest BCUT2D eigenvalue weighted by Gasteiger charge is -2.30. The molecule has 1 aliphatic heterocycles. The van der Waals surface area contributed by atoms with Crippen LogP contribution in [0, 0.1) is 5.92 Å². The summed E-state index contributed by atoms with van der Waals surface area (Å²) >= 11 is 0. The second-order valence-corrected chi connectivity index (χ2v) is 10.6. The van der Waals surface area contributed by atoms with Gasteiger partial charge in [0.15, 0.2) is 15.7 Å². The summed E-state index contributed by atoms with van der Waals surface area (Å²) in [5.74, 6) is 1.08. The van der Waals surface area contributed by atoms with Crippen molar-refractivity contribution in [3.05, 3.63) is 66.7 Å². The number of carbonyl (C=O) groups is 1. The molecule has 33 heavy (non-hydrogen) atoms. The van der Waals surface area contributed by atoms with Gasteiger partial charge in [0, 0.05) is 30.8 Å². The van der Waals surface area contributed by atoms with Gasteiger partial charge in [-0.25, -0.2) is 8.42 Å². The molecule has 0 atom stereocenters. The van der Waals surface area contributed by atoms with Crippen LogP contribution in [0.2, 0.25) is 0 Å². The van der Waals surface area contributed by atoms with Gasteiger partial charge < -0.3 is 10.2 Å². The van der Waals surface area contributed by atoms with Gasteiger partial charge in [-0.15, -0.1) is 10.2 Å². The number of sulfone groups is 1. The third-order valence-corrected chi connectivity index (χ3v) is 7.65. The summed E-state index contributed by atoms with van der Waals surface area (Å²) in [5.41, 5.74) is 2.26. The molecular formula is C25H28N4O3S. The van der Waals surface area contributed by atoms with Crippen molar-refractivity contribution in [3.63, 3.8) is 0 Å². The Kier molecular flexibility index (Phi) is 7.03. The molecule has 1 saturated heterocycles. The van der Waals surface area contributed by atoms with Gasteiger partial charge in [0.05, 0.1) is 16.3 Å². The predicted molar refractivity (Wildman–Crippen MR) is 130 cm³/mol. The lowest BCUT2D eigenvalue weighted by molar-refractivity contribution is -0.115. The highest BCUT2D eigenvalue weighted by molar-refractivity contribution is 7.91. The minimum Gasteiger partial charge on any atom is -0.355 e. The molecule has 2 aromatic carbocycles. The van der Waals surface area contributed by atoms with E-state index >= 15 is 0 Å². The molecule has 0 saturated carbocycles. The Bertz CT molecular complexity index is 1170. The van der Waals surface area contributed by atoms with Crippen LogP contribution in [0.5, 0.6) is 0 Å². The van der Waals surface area contributed by atoms with Gasteiger partial charge in [0.1, 0.15) is 0 Å². The van der Waals surface area contributed by atoms with Crippen molar-refractivity contribution in [3.8, 4) is 11.3 Å². The monoisotopic (exact) mass is 464 g/mol. The second kappa shape index (κ2) is 10.1. The fourth-order valence-electron chi connectivity index (χ4n) is 3.81. The maximum absolute atomic E-state index is 12.3. The number of piperidine rings is 1. The third-order valence-electron chi connectivity index (χ3n) is 5.92. The number of amides is 1. The lowest BCUT2D eigenvalue weighted by Crippen LogP contribution is -2.33. The van der Waals surface area contributed by atoms with E-state index in [0.717, 1.165) is 36.1 Å². The fraction of sp³-hybridized carbons (Fsp3) is 0.320. The zero-order chi connectivity index (χ0) is 23.3. The van der Waals surface area contributed by atoms with Crippen LogP contribution in [0.25, 0.3) is 11.3 Å². The zero-order valence-electron chi connectivity index (χ0n) is 18.6. The van der Waals surface area contributed by atoms with Gasteiger partial charge in [-0.3, -0.25) is 4.79 Å². The molecule has 1 fully saturated rings. The molecule has 1 N–H and O–H groups in total. The Hall–Kier alpha value is -3.26. The number of hydrogen-bond donors (Lipinski definition) is 1. The molecule has 8 heteroatoms. The number of rotatable bonds is 7. The van der Waals surface area contributed by atoms with E-state index in [1.807, 2.05) is 24.3 Å². The molecule has 0 unspecified atom stereocenters. The van der Waals surface area contributed by atoms with Crippen LogP contribution in [0.1, 0.15) is 26.2 Å². The van der Waals surface area contributed by atoms with Crippen LogP contribution < -0.4 is 10.2 Å². The number of hydrogen-bond acceptors (Lipinski definition) is 6. The Morgan fingerprint density at radius 1 is 0.970 bits per heavy atom. The SMILES string of the molecule is CC1CCN(c2ccc(-c3ccc(NC(=O)CCS(=O)(=O)c4ccccc4)cc3)nn2)CC1. The highest BCUT2D eigenvalue weighted by Crippen LogP contribution is 2.24. The largest absolute Gasteiger partial charge is 0.355 e. The van der Waals surface area contributed by atoms with E-state index in [4.69, 9.17) is 0 Å². The number of aromatic nitrogens is 2. The molecule has 2 heterocycles. The van der Waals surface area contributed by atoms with Crippen molar-refractivity contribution < 1.29 is 13.2 Å². The maximum atomic E-state index is 12.3. The third kappa shape index (κ3) is 5.96. The molecule has 172 valence electrons. The van der Waals surface area contributed by atoms with Crippen molar-refractivity contribution in [2.75, 3.05) is 29.1 Å². The minimum atomic E-state index is -3.48. The van der Waals surface area contributed by atoms with Crippen LogP contribution in [0.4, 0.5) is 11.5 Å². The molecule has 3 aromatic rings. The standard InChI is InChI=1S/C25H28N4O3S/c1-19-13-16-29(17-14-19)24-12-11-23(27-28-24)20-7-9-21(10-8-20)26-25(30)15-18-33(31,32)22-5-3-2-4-6-22/h2-12,19H,13-18H2,1H3,(H,26,30). The molecule has 1 amide bonds. The smallest absolute Gasteiger partial charge is 0.225 e. The van der Waals surface area contributed by atoms with Crippen molar-refractivity contribution in [2.45, 2.75) is 31.1 Å². The Labute approximate surface area is 194 Å². The van der Waals surface area contributed by atoms with E-state index in [-0.39, 0.29) is 23.0 Å². The average Bonchev–Trinajstić information content (AvgIpc) is 2.85. The second-order valence-electron chi connectivity index (χ2n) is 8.45. The van der Waals surface area contributed by atoms with Gasteiger partial charge >= 0.3 is 0 Å². The van der Waals surface area contributed by atoms with E-state index in [0.29, 0.717) is 5.69 Å². The van der Waals surface area contributed by atoms with Crippen molar-refractivity contribution in [2.24, 2.45) is 5.92 Å². The number of nitrogens with zero attached hydrogens (tertiary/aromatic N) is 3. The summed E-state index contributed by atoms with van der Waals surface area (Å²) in [5, 5.41) is 11.5. The van der Waals surface area contributed by atoms with Gasteiger partial charge in [0.2, 0.25) is 5.91 Å². The zero-order valence-corrected chi connectivity index (χ0v) is 19.5. The van der Waals surface area contributed by atoms with Crippen LogP contribution in [-0.4, -0.2) is 43.4 Å². The van der Waals surface area contributed by atoms with Crippen LogP contribution >= 0.6 is 0 Å². The molecule has 4 rings (SSSR count). The topological polar surface area (TPSA) is 92.3 Å². The molecule has 7 nitrogen and oxygen atoms in total. The molecule has 1 aliphatic rings. The average molecular weight is 465 g/mol. The molecule has 1 aromatic heterocycles. The van der Waals surface area contributed by atoms with Crippen molar-refractivity contribution in [1.29, 1.82) is 0 Å². The number of anilines is 2. The number of carbonyl (C=O) groups excluding carboxylic acids is 1.